The van der Waals surface area contributed by atoms with E-state index in [0.29, 0.717) is 16.9 Å². The zero-order valence-electron chi connectivity index (χ0n) is 6.83. The number of aromatic nitrogens is 4. The van der Waals surface area contributed by atoms with E-state index in [4.69, 9.17) is 0 Å². The maximum Gasteiger partial charge on any atom is 0.262 e. The van der Waals surface area contributed by atoms with Crippen molar-refractivity contribution in [1.82, 2.24) is 19.7 Å². The van der Waals surface area contributed by atoms with Crippen molar-refractivity contribution >= 4 is 11.0 Å². The third-order valence-electron chi connectivity index (χ3n) is 1.62. The number of hydrogen-bond donors (Lipinski definition) is 1. The van der Waals surface area contributed by atoms with Crippen molar-refractivity contribution < 1.29 is 0 Å². The lowest BCUT2D eigenvalue weighted by Gasteiger charge is -1.88. The number of aromatic amines is 1. The molecule has 0 aliphatic heterocycles. The Bertz CT molecular complexity index is 482. The van der Waals surface area contributed by atoms with E-state index in [0.717, 1.165) is 0 Å². The van der Waals surface area contributed by atoms with Crippen molar-refractivity contribution in [3.63, 3.8) is 0 Å². The van der Waals surface area contributed by atoms with Gasteiger partial charge in [-0.05, 0) is 6.92 Å². The summed E-state index contributed by atoms with van der Waals surface area (Å²) in [7, 11) is 1.76. The molecule has 0 aliphatic carbocycles. The Morgan fingerprint density at radius 1 is 1.58 bits per heavy atom. The van der Waals surface area contributed by atoms with E-state index in [1.54, 1.807) is 24.9 Å². The SMILES string of the molecule is Cc1nc2nn(C)cc2c(=O)[nH]1. The van der Waals surface area contributed by atoms with Crippen LogP contribution in [0.25, 0.3) is 11.0 Å². The second-order valence-electron chi connectivity index (χ2n) is 2.69. The summed E-state index contributed by atoms with van der Waals surface area (Å²) in [4.78, 5) is 17.9. The van der Waals surface area contributed by atoms with Gasteiger partial charge in [0.15, 0.2) is 5.65 Å². The predicted molar refractivity (Wildman–Crippen MR) is 43.9 cm³/mol. The van der Waals surface area contributed by atoms with Gasteiger partial charge in [0, 0.05) is 13.2 Å². The minimum absolute atomic E-state index is 0.134. The van der Waals surface area contributed by atoms with Crippen LogP contribution in [0.1, 0.15) is 5.82 Å². The smallest absolute Gasteiger partial charge is 0.262 e. The van der Waals surface area contributed by atoms with Crippen molar-refractivity contribution in [3.8, 4) is 0 Å². The second-order valence-corrected chi connectivity index (χ2v) is 2.69. The average Bonchev–Trinajstić information content (AvgIpc) is 2.29. The van der Waals surface area contributed by atoms with E-state index in [2.05, 4.69) is 15.1 Å². The normalized spacial score (nSPS) is 10.8. The number of H-pyrrole nitrogens is 1. The summed E-state index contributed by atoms with van der Waals surface area (Å²) in [5.41, 5.74) is 0.365. The number of nitrogens with one attached hydrogen (secondary N) is 1. The average molecular weight is 164 g/mol. The van der Waals surface area contributed by atoms with E-state index in [1.807, 2.05) is 0 Å². The van der Waals surface area contributed by atoms with Crippen molar-refractivity contribution in [2.24, 2.45) is 7.05 Å². The van der Waals surface area contributed by atoms with Crippen LogP contribution in [0.15, 0.2) is 11.0 Å². The van der Waals surface area contributed by atoms with Crippen LogP contribution in [0.5, 0.6) is 0 Å². The molecule has 0 amide bonds. The quantitative estimate of drug-likeness (QED) is 0.594. The second kappa shape index (κ2) is 2.17. The van der Waals surface area contributed by atoms with Gasteiger partial charge < -0.3 is 4.98 Å². The molecule has 2 aromatic heterocycles. The first kappa shape index (κ1) is 7.02. The standard InChI is InChI=1S/C7H8N4O/c1-4-8-6-5(7(12)9-4)3-11(2)10-6/h3H,1-2H3,(H,8,9,10,12). The predicted octanol–water partition coefficient (Wildman–Crippen LogP) is -0.0350. The van der Waals surface area contributed by atoms with E-state index in [-0.39, 0.29) is 5.56 Å². The Morgan fingerprint density at radius 2 is 2.33 bits per heavy atom. The molecule has 2 heterocycles. The van der Waals surface area contributed by atoms with Gasteiger partial charge in [-0.2, -0.15) is 5.10 Å². The number of aryl methyl sites for hydroxylation is 2. The first-order valence-corrected chi connectivity index (χ1v) is 3.57. The lowest BCUT2D eigenvalue weighted by molar-refractivity contribution is 0.775. The molecule has 1 N–H and O–H groups in total. The molecule has 0 atom stereocenters. The molecule has 5 nitrogen and oxygen atoms in total. The lowest BCUT2D eigenvalue weighted by Crippen LogP contribution is -2.08. The molecule has 0 aromatic carbocycles. The van der Waals surface area contributed by atoms with E-state index in [9.17, 15) is 4.79 Å². The van der Waals surface area contributed by atoms with Gasteiger partial charge in [0.2, 0.25) is 0 Å². The summed E-state index contributed by atoms with van der Waals surface area (Å²) in [6.45, 7) is 1.73. The topological polar surface area (TPSA) is 63.6 Å². The highest BCUT2D eigenvalue weighted by atomic mass is 16.1. The minimum atomic E-state index is -0.134. The van der Waals surface area contributed by atoms with Crippen molar-refractivity contribution in [1.29, 1.82) is 0 Å². The Morgan fingerprint density at radius 3 is 3.08 bits per heavy atom. The summed E-state index contributed by atoms with van der Waals surface area (Å²) >= 11 is 0. The fourth-order valence-electron chi connectivity index (χ4n) is 1.14. The van der Waals surface area contributed by atoms with E-state index in [1.165, 1.54) is 0 Å². The molecular weight excluding hydrogens is 156 g/mol. The molecule has 2 rings (SSSR count). The Balaban J connectivity index is 2.98. The molecular formula is C7H8N4O. The van der Waals surface area contributed by atoms with Crippen LogP contribution in [-0.4, -0.2) is 19.7 Å². The maximum atomic E-state index is 11.3. The molecule has 5 heteroatoms. The fourth-order valence-corrected chi connectivity index (χ4v) is 1.14. The summed E-state index contributed by atoms with van der Waals surface area (Å²) < 4.78 is 1.58. The number of hydrogen-bond acceptors (Lipinski definition) is 3. The number of nitrogens with zero attached hydrogens (tertiary/aromatic N) is 3. The van der Waals surface area contributed by atoms with Crippen molar-refractivity contribution in [3.05, 3.63) is 22.4 Å². The van der Waals surface area contributed by atoms with Crippen LogP contribution in [0, 0.1) is 6.92 Å². The van der Waals surface area contributed by atoms with E-state index >= 15 is 0 Å². The van der Waals surface area contributed by atoms with Crippen LogP contribution < -0.4 is 5.56 Å². The molecule has 0 spiro atoms. The third-order valence-corrected chi connectivity index (χ3v) is 1.62. The van der Waals surface area contributed by atoms with Gasteiger partial charge in [0.1, 0.15) is 11.2 Å². The number of rotatable bonds is 0. The van der Waals surface area contributed by atoms with Crippen LogP contribution >= 0.6 is 0 Å². The monoisotopic (exact) mass is 164 g/mol. The van der Waals surface area contributed by atoms with Gasteiger partial charge in [-0.3, -0.25) is 9.48 Å². The third kappa shape index (κ3) is 0.903. The summed E-state index contributed by atoms with van der Waals surface area (Å²) in [6, 6.07) is 0. The van der Waals surface area contributed by atoms with Crippen molar-refractivity contribution in [2.75, 3.05) is 0 Å². The highest BCUT2D eigenvalue weighted by molar-refractivity contribution is 5.72. The van der Waals surface area contributed by atoms with Gasteiger partial charge in [0.05, 0.1) is 0 Å². The van der Waals surface area contributed by atoms with Crippen molar-refractivity contribution in [2.45, 2.75) is 6.92 Å². The summed E-state index contributed by atoms with van der Waals surface area (Å²) in [6.07, 6.45) is 1.65. The number of fused-ring (bicyclic) bond motifs is 1. The van der Waals surface area contributed by atoms with Gasteiger partial charge in [-0.15, -0.1) is 0 Å². The molecule has 0 bridgehead atoms. The molecule has 0 fully saturated rings. The maximum absolute atomic E-state index is 11.3. The first-order valence-electron chi connectivity index (χ1n) is 3.57. The highest BCUT2D eigenvalue weighted by Gasteiger charge is 2.03. The largest absolute Gasteiger partial charge is 0.310 e. The Hall–Kier alpha value is -1.65. The molecule has 0 radical (unpaired) electrons. The van der Waals surface area contributed by atoms with Gasteiger partial charge >= 0.3 is 0 Å². The molecule has 0 aliphatic rings. The van der Waals surface area contributed by atoms with E-state index < -0.39 is 0 Å². The molecule has 0 saturated heterocycles. The summed E-state index contributed by atoms with van der Waals surface area (Å²) in [5, 5.41) is 4.55. The van der Waals surface area contributed by atoms with Gasteiger partial charge in [-0.1, -0.05) is 0 Å². The Labute approximate surface area is 68.1 Å². The highest BCUT2D eigenvalue weighted by Crippen LogP contribution is 2.01. The lowest BCUT2D eigenvalue weighted by atomic mass is 10.4. The van der Waals surface area contributed by atoms with Crippen LogP contribution in [0.3, 0.4) is 0 Å². The zero-order valence-corrected chi connectivity index (χ0v) is 6.83. The van der Waals surface area contributed by atoms with Crippen LogP contribution in [0.2, 0.25) is 0 Å². The molecule has 0 saturated carbocycles. The molecule has 12 heavy (non-hydrogen) atoms. The molecule has 0 unspecified atom stereocenters. The van der Waals surface area contributed by atoms with Gasteiger partial charge in [-0.25, -0.2) is 4.98 Å². The van der Waals surface area contributed by atoms with Crippen LogP contribution in [-0.2, 0) is 7.05 Å². The molecule has 62 valence electrons. The zero-order chi connectivity index (χ0) is 8.72. The first-order chi connectivity index (χ1) is 5.66. The summed E-state index contributed by atoms with van der Waals surface area (Å²) in [5.74, 6) is 0.589. The van der Waals surface area contributed by atoms with Gasteiger partial charge in [0.25, 0.3) is 5.56 Å². The molecule has 2 aromatic rings. The minimum Gasteiger partial charge on any atom is -0.310 e. The fraction of sp³-hybridized carbons (Fsp3) is 0.286. The Kier molecular flexibility index (Phi) is 1.27. The van der Waals surface area contributed by atoms with Crippen LogP contribution in [0.4, 0.5) is 0 Å².